The third-order valence-corrected chi connectivity index (χ3v) is 4.03. The Morgan fingerprint density at radius 1 is 1.31 bits per heavy atom. The maximum Gasteiger partial charge on any atom is 0.299 e. The lowest BCUT2D eigenvalue weighted by Gasteiger charge is -2.13. The average Bonchev–Trinajstić information content (AvgIpc) is 2.10. The molecule has 0 amide bonds. The van der Waals surface area contributed by atoms with E-state index in [4.69, 9.17) is 0 Å². The van der Waals surface area contributed by atoms with Crippen LogP contribution >= 0.6 is 15.9 Å². The van der Waals surface area contributed by atoms with Gasteiger partial charge in [0.15, 0.2) is 0 Å². The van der Waals surface area contributed by atoms with E-state index in [2.05, 4.69) is 25.4 Å². The molecule has 0 fully saturated rings. The van der Waals surface area contributed by atoms with Crippen molar-refractivity contribution in [2.75, 3.05) is 4.72 Å². The van der Waals surface area contributed by atoms with E-state index in [1.807, 2.05) is 13.0 Å². The van der Waals surface area contributed by atoms with Gasteiger partial charge in [0.25, 0.3) is 10.2 Å². The summed E-state index contributed by atoms with van der Waals surface area (Å²) in [6, 6.07) is 5.23. The molecule has 0 heterocycles. The van der Waals surface area contributed by atoms with Crippen LogP contribution in [0.1, 0.15) is 19.4 Å². The lowest BCUT2D eigenvalue weighted by Crippen LogP contribution is -2.35. The van der Waals surface area contributed by atoms with Crippen LogP contribution in [0, 0.1) is 6.92 Å². The number of halogens is 1. The molecule has 1 aromatic carbocycles. The van der Waals surface area contributed by atoms with E-state index in [1.54, 1.807) is 26.0 Å². The number of hydrogen-bond donors (Lipinski definition) is 2. The van der Waals surface area contributed by atoms with Gasteiger partial charge in [-0.3, -0.25) is 4.72 Å². The highest BCUT2D eigenvalue weighted by Crippen LogP contribution is 2.23. The van der Waals surface area contributed by atoms with E-state index in [1.165, 1.54) is 0 Å². The summed E-state index contributed by atoms with van der Waals surface area (Å²) in [5, 5.41) is 0. The van der Waals surface area contributed by atoms with Crippen LogP contribution < -0.4 is 9.44 Å². The van der Waals surface area contributed by atoms with E-state index in [-0.39, 0.29) is 6.04 Å². The highest BCUT2D eigenvalue weighted by molar-refractivity contribution is 9.10. The van der Waals surface area contributed by atoms with Gasteiger partial charge in [0, 0.05) is 10.5 Å². The molecule has 0 aliphatic rings. The monoisotopic (exact) mass is 306 g/mol. The van der Waals surface area contributed by atoms with Crippen molar-refractivity contribution < 1.29 is 8.42 Å². The van der Waals surface area contributed by atoms with Crippen molar-refractivity contribution in [1.29, 1.82) is 0 Å². The van der Waals surface area contributed by atoms with Crippen molar-refractivity contribution >= 4 is 31.8 Å². The first-order chi connectivity index (χ1) is 7.32. The second-order valence-corrected chi connectivity index (χ2v) is 6.09. The maximum atomic E-state index is 11.6. The zero-order chi connectivity index (χ0) is 12.3. The van der Waals surface area contributed by atoms with Gasteiger partial charge >= 0.3 is 0 Å². The Morgan fingerprint density at radius 3 is 2.50 bits per heavy atom. The maximum absolute atomic E-state index is 11.6. The number of anilines is 1. The molecule has 2 N–H and O–H groups in total. The molecule has 0 atom stereocenters. The Bertz CT molecular complexity index is 472. The largest absolute Gasteiger partial charge is 0.299 e. The summed E-state index contributed by atoms with van der Waals surface area (Å²) in [5.74, 6) is 0. The summed E-state index contributed by atoms with van der Waals surface area (Å²) >= 11 is 3.35. The summed E-state index contributed by atoms with van der Waals surface area (Å²) < 4.78 is 29.1. The molecule has 0 saturated carbocycles. The summed E-state index contributed by atoms with van der Waals surface area (Å²) in [5.41, 5.74) is 1.43. The summed E-state index contributed by atoms with van der Waals surface area (Å²) in [6.07, 6.45) is 0. The van der Waals surface area contributed by atoms with Gasteiger partial charge in [-0.05, 0) is 38.5 Å². The van der Waals surface area contributed by atoms with Crippen LogP contribution in [-0.4, -0.2) is 14.5 Å². The van der Waals surface area contributed by atoms with Crippen LogP contribution in [0.5, 0.6) is 0 Å². The lowest BCUT2D eigenvalue weighted by atomic mass is 10.2. The Morgan fingerprint density at radius 2 is 1.94 bits per heavy atom. The van der Waals surface area contributed by atoms with E-state index in [0.717, 1.165) is 10.0 Å². The number of hydrogen-bond acceptors (Lipinski definition) is 2. The SMILES string of the molecule is Cc1c(Br)cccc1NS(=O)(=O)NC(C)C. The van der Waals surface area contributed by atoms with Gasteiger partial charge in [0.1, 0.15) is 0 Å². The van der Waals surface area contributed by atoms with Crippen LogP contribution in [0.4, 0.5) is 5.69 Å². The predicted octanol–water partition coefficient (Wildman–Crippen LogP) is 2.41. The zero-order valence-corrected chi connectivity index (χ0v) is 11.8. The molecule has 1 rings (SSSR count). The van der Waals surface area contributed by atoms with Crippen molar-refractivity contribution in [3.8, 4) is 0 Å². The quantitative estimate of drug-likeness (QED) is 0.897. The Labute approximate surface area is 105 Å². The van der Waals surface area contributed by atoms with Gasteiger partial charge in [-0.25, -0.2) is 0 Å². The normalized spacial score (nSPS) is 11.8. The Kier molecular flexibility index (Phi) is 4.35. The van der Waals surface area contributed by atoms with E-state index in [0.29, 0.717) is 5.69 Å². The molecule has 16 heavy (non-hydrogen) atoms. The lowest BCUT2D eigenvalue weighted by molar-refractivity contribution is 0.575. The minimum absolute atomic E-state index is 0.134. The van der Waals surface area contributed by atoms with Gasteiger partial charge in [-0.1, -0.05) is 22.0 Å². The van der Waals surface area contributed by atoms with Crippen LogP contribution in [0.3, 0.4) is 0 Å². The minimum Gasteiger partial charge on any atom is -0.271 e. The molecule has 6 heteroatoms. The molecule has 0 aromatic heterocycles. The molecule has 0 saturated heterocycles. The van der Waals surface area contributed by atoms with Gasteiger partial charge < -0.3 is 0 Å². The zero-order valence-electron chi connectivity index (χ0n) is 9.41. The molecule has 0 radical (unpaired) electrons. The van der Waals surface area contributed by atoms with E-state index in [9.17, 15) is 8.42 Å². The Hall–Kier alpha value is -0.590. The molecule has 90 valence electrons. The van der Waals surface area contributed by atoms with E-state index >= 15 is 0 Å². The molecule has 4 nitrogen and oxygen atoms in total. The molecule has 1 aromatic rings. The fourth-order valence-electron chi connectivity index (χ4n) is 1.20. The molecular formula is C10H15BrN2O2S. The summed E-state index contributed by atoms with van der Waals surface area (Å²) in [7, 11) is -3.49. The molecule has 0 spiro atoms. The fourth-order valence-corrected chi connectivity index (χ4v) is 2.76. The average molecular weight is 307 g/mol. The van der Waals surface area contributed by atoms with Crippen molar-refractivity contribution in [3.63, 3.8) is 0 Å². The van der Waals surface area contributed by atoms with E-state index < -0.39 is 10.2 Å². The Balaban J connectivity index is 2.93. The summed E-state index contributed by atoms with van der Waals surface area (Å²) in [6.45, 7) is 5.39. The summed E-state index contributed by atoms with van der Waals surface area (Å²) in [4.78, 5) is 0. The highest BCUT2D eigenvalue weighted by Gasteiger charge is 2.13. The second kappa shape index (κ2) is 5.16. The van der Waals surface area contributed by atoms with Crippen molar-refractivity contribution in [3.05, 3.63) is 28.2 Å². The van der Waals surface area contributed by atoms with Gasteiger partial charge in [-0.2, -0.15) is 13.1 Å². The van der Waals surface area contributed by atoms with Gasteiger partial charge in [0.2, 0.25) is 0 Å². The van der Waals surface area contributed by atoms with Gasteiger partial charge in [0.05, 0.1) is 5.69 Å². The number of rotatable bonds is 4. The van der Waals surface area contributed by atoms with Crippen LogP contribution in [0.2, 0.25) is 0 Å². The van der Waals surface area contributed by atoms with Crippen LogP contribution in [-0.2, 0) is 10.2 Å². The van der Waals surface area contributed by atoms with Crippen molar-refractivity contribution in [2.24, 2.45) is 0 Å². The van der Waals surface area contributed by atoms with Crippen molar-refractivity contribution in [2.45, 2.75) is 26.8 Å². The smallest absolute Gasteiger partial charge is 0.271 e. The number of nitrogens with one attached hydrogen (secondary N) is 2. The van der Waals surface area contributed by atoms with Crippen LogP contribution in [0.25, 0.3) is 0 Å². The molecule has 0 aliphatic heterocycles. The third-order valence-electron chi connectivity index (χ3n) is 1.90. The highest BCUT2D eigenvalue weighted by atomic mass is 79.9. The third kappa shape index (κ3) is 3.77. The molecule has 0 unspecified atom stereocenters. The molecular weight excluding hydrogens is 292 g/mol. The standard InChI is InChI=1S/C10H15BrN2O2S/c1-7(2)12-16(14,15)13-10-6-4-5-9(11)8(10)3/h4-7,12-13H,1-3H3. The molecule has 0 bridgehead atoms. The molecule has 0 aliphatic carbocycles. The first kappa shape index (κ1) is 13.5. The first-order valence-corrected chi connectivity index (χ1v) is 7.14. The second-order valence-electron chi connectivity index (χ2n) is 3.79. The van der Waals surface area contributed by atoms with Gasteiger partial charge in [-0.15, -0.1) is 0 Å². The topological polar surface area (TPSA) is 58.2 Å². The van der Waals surface area contributed by atoms with Crippen molar-refractivity contribution in [1.82, 2.24) is 4.72 Å². The number of benzene rings is 1. The first-order valence-electron chi connectivity index (χ1n) is 4.87. The van der Waals surface area contributed by atoms with Crippen LogP contribution in [0.15, 0.2) is 22.7 Å². The predicted molar refractivity (Wildman–Crippen MR) is 69.7 cm³/mol. The minimum atomic E-state index is -3.49. The fraction of sp³-hybridized carbons (Fsp3) is 0.400.